The summed E-state index contributed by atoms with van der Waals surface area (Å²) in [6.45, 7) is 8.69. The smallest absolute Gasteiger partial charge is 0.416 e. The van der Waals surface area contributed by atoms with Crippen molar-refractivity contribution in [3.63, 3.8) is 0 Å². The van der Waals surface area contributed by atoms with Gasteiger partial charge in [0.1, 0.15) is 23.8 Å². The Morgan fingerprint density at radius 1 is 1.14 bits per heavy atom. The molecule has 37 heavy (non-hydrogen) atoms. The third-order valence-electron chi connectivity index (χ3n) is 5.27. The fourth-order valence-corrected chi connectivity index (χ4v) is 3.98. The lowest BCUT2D eigenvalue weighted by molar-refractivity contribution is 0.0552. The second-order valence-corrected chi connectivity index (χ2v) is 10.5. The van der Waals surface area contributed by atoms with Gasteiger partial charge in [0.2, 0.25) is 5.88 Å². The highest BCUT2D eigenvalue weighted by atomic mass is 35.5. The maximum atomic E-state index is 14.6. The van der Waals surface area contributed by atoms with Crippen LogP contribution in [-0.2, 0) is 17.9 Å². The van der Waals surface area contributed by atoms with E-state index in [2.05, 4.69) is 9.97 Å². The standard InChI is InChI=1S/C25H25ClF2N4O5/c1-24(2,3)37-23(34)32-20-9-19(30-22(33)31(20)13-25(32,4)5)35-12-14-6-17(27)21(18(28)7-14)36-16-8-15(26)10-29-11-16/h6-11H,12-13H2,1-5H3. The number of carbonyl (C=O) groups excluding carboxylic acids is 1. The predicted molar refractivity (Wildman–Crippen MR) is 131 cm³/mol. The summed E-state index contributed by atoms with van der Waals surface area (Å²) in [6.07, 6.45) is 1.99. The number of benzene rings is 1. The molecule has 0 saturated heterocycles. The van der Waals surface area contributed by atoms with Gasteiger partial charge in [-0.15, -0.1) is 0 Å². The van der Waals surface area contributed by atoms with Crippen molar-refractivity contribution in [2.24, 2.45) is 0 Å². The van der Waals surface area contributed by atoms with E-state index in [4.69, 9.17) is 25.8 Å². The molecule has 9 nitrogen and oxygen atoms in total. The number of fused-ring (bicyclic) bond motifs is 1. The molecule has 1 aromatic carbocycles. The lowest BCUT2D eigenvalue weighted by Crippen LogP contribution is -2.47. The molecular weight excluding hydrogens is 510 g/mol. The van der Waals surface area contributed by atoms with Crippen LogP contribution in [0.5, 0.6) is 17.4 Å². The highest BCUT2D eigenvalue weighted by Gasteiger charge is 2.43. The van der Waals surface area contributed by atoms with Crippen LogP contribution in [0.25, 0.3) is 0 Å². The summed E-state index contributed by atoms with van der Waals surface area (Å²) in [7, 11) is 0. The van der Waals surface area contributed by atoms with Crippen LogP contribution in [0, 0.1) is 11.6 Å². The number of amides is 1. The Morgan fingerprint density at radius 3 is 2.43 bits per heavy atom. The molecular formula is C25H25ClF2N4O5. The van der Waals surface area contributed by atoms with Crippen molar-refractivity contribution in [3.8, 4) is 17.4 Å². The zero-order valence-corrected chi connectivity index (χ0v) is 21.6. The molecule has 1 aliphatic heterocycles. The van der Waals surface area contributed by atoms with Gasteiger partial charge >= 0.3 is 11.8 Å². The molecule has 1 aliphatic rings. The fraction of sp³-hybridized carbons (Fsp3) is 0.360. The first kappa shape index (κ1) is 26.3. The molecule has 0 spiro atoms. The highest BCUT2D eigenvalue weighted by Crippen LogP contribution is 2.35. The molecule has 0 atom stereocenters. The molecule has 0 saturated carbocycles. The van der Waals surface area contributed by atoms with Gasteiger partial charge in [-0.25, -0.2) is 18.4 Å². The second kappa shape index (κ2) is 9.62. The van der Waals surface area contributed by atoms with Crippen molar-refractivity contribution in [2.45, 2.75) is 58.9 Å². The molecule has 0 aliphatic carbocycles. The van der Waals surface area contributed by atoms with Gasteiger partial charge in [-0.3, -0.25) is 14.5 Å². The lowest BCUT2D eigenvalue weighted by Gasteiger charge is -2.32. The van der Waals surface area contributed by atoms with Crippen LogP contribution in [0.15, 0.2) is 41.5 Å². The average Bonchev–Trinajstić information content (AvgIpc) is 3.04. The van der Waals surface area contributed by atoms with E-state index in [0.717, 1.165) is 12.1 Å². The van der Waals surface area contributed by atoms with Crippen LogP contribution >= 0.6 is 11.6 Å². The summed E-state index contributed by atoms with van der Waals surface area (Å²) in [6, 6.07) is 4.85. The molecule has 1 amide bonds. The number of nitrogens with zero attached hydrogens (tertiary/aromatic N) is 4. The van der Waals surface area contributed by atoms with E-state index in [-0.39, 0.29) is 41.2 Å². The predicted octanol–water partition coefficient (Wildman–Crippen LogP) is 5.47. The van der Waals surface area contributed by atoms with Gasteiger partial charge in [-0.1, -0.05) is 11.6 Å². The Hall–Kier alpha value is -3.73. The van der Waals surface area contributed by atoms with Gasteiger partial charge < -0.3 is 14.2 Å². The summed E-state index contributed by atoms with van der Waals surface area (Å²) in [5, 5.41) is 0.245. The van der Waals surface area contributed by atoms with E-state index in [9.17, 15) is 18.4 Å². The van der Waals surface area contributed by atoms with Crippen LogP contribution in [-0.4, -0.2) is 31.8 Å². The SMILES string of the molecule is CC(C)(C)OC(=O)N1c2cc(OCc3cc(F)c(Oc4cncc(Cl)c4)c(F)c3)nc(=O)n2CC1(C)C. The molecule has 12 heteroatoms. The van der Waals surface area contributed by atoms with Gasteiger partial charge in [-0.2, -0.15) is 4.98 Å². The van der Waals surface area contributed by atoms with Gasteiger partial charge in [0, 0.05) is 18.3 Å². The van der Waals surface area contributed by atoms with Crippen molar-refractivity contribution in [3.05, 3.63) is 69.4 Å². The Morgan fingerprint density at radius 2 is 1.81 bits per heavy atom. The van der Waals surface area contributed by atoms with Gasteiger partial charge in [0.05, 0.1) is 23.3 Å². The summed E-state index contributed by atoms with van der Waals surface area (Å²) in [5.74, 6) is -2.39. The third-order valence-corrected chi connectivity index (χ3v) is 5.47. The lowest BCUT2D eigenvalue weighted by atomic mass is 10.1. The van der Waals surface area contributed by atoms with E-state index in [0.29, 0.717) is 0 Å². The van der Waals surface area contributed by atoms with E-state index in [1.165, 1.54) is 34.0 Å². The third kappa shape index (κ3) is 5.82. The zero-order valence-electron chi connectivity index (χ0n) is 20.8. The fourth-order valence-electron chi connectivity index (χ4n) is 3.81. The quantitative estimate of drug-likeness (QED) is 0.428. The van der Waals surface area contributed by atoms with Crippen LogP contribution in [0.2, 0.25) is 5.02 Å². The zero-order chi connectivity index (χ0) is 27.1. The summed E-state index contributed by atoms with van der Waals surface area (Å²) in [5.41, 5.74) is -2.03. The van der Waals surface area contributed by atoms with Gasteiger partial charge in [0.15, 0.2) is 17.4 Å². The molecule has 0 N–H and O–H groups in total. The summed E-state index contributed by atoms with van der Waals surface area (Å²) < 4.78 is 46.9. The molecule has 4 rings (SSSR count). The summed E-state index contributed by atoms with van der Waals surface area (Å²) >= 11 is 5.83. The molecule has 0 fully saturated rings. The molecule has 0 radical (unpaired) electrons. The number of hydrogen-bond acceptors (Lipinski definition) is 7. The normalized spacial score (nSPS) is 14.3. The van der Waals surface area contributed by atoms with E-state index < -0.39 is 40.3 Å². The van der Waals surface area contributed by atoms with E-state index >= 15 is 0 Å². The number of pyridine rings is 1. The minimum absolute atomic E-state index is 0.0644. The molecule has 196 valence electrons. The Labute approximate surface area is 216 Å². The number of rotatable bonds is 5. The van der Waals surface area contributed by atoms with Crippen molar-refractivity contribution in [1.29, 1.82) is 0 Å². The van der Waals surface area contributed by atoms with Crippen molar-refractivity contribution >= 4 is 23.5 Å². The van der Waals surface area contributed by atoms with Crippen LogP contribution in [0.4, 0.5) is 19.4 Å². The summed E-state index contributed by atoms with van der Waals surface area (Å²) in [4.78, 5) is 34.7. The second-order valence-electron chi connectivity index (χ2n) is 10.1. The molecule has 3 heterocycles. The Balaban J connectivity index is 1.55. The maximum absolute atomic E-state index is 14.6. The number of hydrogen-bond donors (Lipinski definition) is 0. The topological polar surface area (TPSA) is 95.8 Å². The number of carbonyl (C=O) groups is 1. The van der Waals surface area contributed by atoms with Gasteiger partial charge in [-0.05, 0) is 52.3 Å². The van der Waals surface area contributed by atoms with Crippen molar-refractivity contribution in [2.75, 3.05) is 4.90 Å². The van der Waals surface area contributed by atoms with Crippen LogP contribution in [0.3, 0.4) is 0 Å². The van der Waals surface area contributed by atoms with Crippen LogP contribution in [0.1, 0.15) is 40.2 Å². The van der Waals surface area contributed by atoms with E-state index in [1.807, 2.05) is 0 Å². The van der Waals surface area contributed by atoms with Crippen molar-refractivity contribution < 1.29 is 27.8 Å². The first-order valence-electron chi connectivity index (χ1n) is 11.3. The number of ether oxygens (including phenoxy) is 3. The maximum Gasteiger partial charge on any atom is 0.416 e. The minimum atomic E-state index is -0.974. The Kier molecular flexibility index (Phi) is 6.85. The monoisotopic (exact) mass is 534 g/mol. The number of anilines is 1. The minimum Gasteiger partial charge on any atom is -0.473 e. The first-order valence-corrected chi connectivity index (χ1v) is 11.7. The molecule has 0 unspecified atom stereocenters. The highest BCUT2D eigenvalue weighted by molar-refractivity contribution is 6.30. The van der Waals surface area contributed by atoms with E-state index in [1.54, 1.807) is 34.6 Å². The molecule has 2 aromatic heterocycles. The van der Waals surface area contributed by atoms with Gasteiger partial charge in [0.25, 0.3) is 0 Å². The number of aromatic nitrogens is 3. The first-order chi connectivity index (χ1) is 17.2. The Bertz CT molecular complexity index is 1400. The average molecular weight is 535 g/mol. The molecule has 3 aromatic rings. The largest absolute Gasteiger partial charge is 0.473 e. The molecule has 0 bridgehead atoms. The van der Waals surface area contributed by atoms with Crippen LogP contribution < -0.4 is 20.1 Å². The van der Waals surface area contributed by atoms with Crippen molar-refractivity contribution in [1.82, 2.24) is 14.5 Å². The number of halogens is 3.